The summed E-state index contributed by atoms with van der Waals surface area (Å²) >= 11 is 0. The largest absolute Gasteiger partial charge is 0.405 e. The third-order valence-electron chi connectivity index (χ3n) is 3.93. The van der Waals surface area contributed by atoms with Crippen molar-refractivity contribution in [1.82, 2.24) is 15.2 Å². The smallest absolute Gasteiger partial charge is 0.383 e. The van der Waals surface area contributed by atoms with E-state index in [2.05, 4.69) is 5.32 Å². The van der Waals surface area contributed by atoms with Crippen LogP contribution in [0.5, 0.6) is 0 Å². The van der Waals surface area contributed by atoms with E-state index in [1.807, 2.05) is 31.4 Å². The van der Waals surface area contributed by atoms with Crippen LogP contribution in [-0.4, -0.2) is 49.4 Å². The minimum Gasteiger partial charge on any atom is -0.383 e. The summed E-state index contributed by atoms with van der Waals surface area (Å²) in [5.74, 6) is -1.85. The number of methoxy groups -OCH3 is 1. The minimum atomic E-state index is -4.54. The number of nitriles is 1. The molecule has 0 aromatic carbocycles. The summed E-state index contributed by atoms with van der Waals surface area (Å²) in [6, 6.07) is 3.60. The van der Waals surface area contributed by atoms with Crippen LogP contribution in [0.4, 0.5) is 13.2 Å². The maximum atomic E-state index is 12.1. The van der Waals surface area contributed by atoms with Crippen LogP contribution in [-0.2, 0) is 14.3 Å². The fraction of sp³-hybridized carbons (Fsp3) is 0.500. The molecule has 0 fully saturated rings. The number of hydrogen-bond acceptors (Lipinski definition) is 4. The topological polar surface area (TPSA) is 96.2 Å². The maximum Gasteiger partial charge on any atom is 0.405 e. The third-order valence-corrected chi connectivity index (χ3v) is 3.93. The molecule has 0 bridgehead atoms. The summed E-state index contributed by atoms with van der Waals surface area (Å²) in [5, 5.41) is 13.0. The van der Waals surface area contributed by atoms with Gasteiger partial charge in [-0.2, -0.15) is 18.4 Å². The lowest BCUT2D eigenvalue weighted by Gasteiger charge is -2.17. The van der Waals surface area contributed by atoms with Gasteiger partial charge in [0.1, 0.15) is 18.2 Å². The van der Waals surface area contributed by atoms with Crippen LogP contribution in [0.1, 0.15) is 29.9 Å². The summed E-state index contributed by atoms with van der Waals surface area (Å²) < 4.78 is 43.3. The number of aromatic nitrogens is 1. The van der Waals surface area contributed by atoms with Crippen molar-refractivity contribution >= 4 is 17.9 Å². The number of aryl methyl sites for hydroxylation is 1. The van der Waals surface area contributed by atoms with E-state index in [0.29, 0.717) is 12.2 Å². The Morgan fingerprint density at radius 3 is 2.54 bits per heavy atom. The van der Waals surface area contributed by atoms with E-state index in [9.17, 15) is 28.0 Å². The van der Waals surface area contributed by atoms with Crippen molar-refractivity contribution in [2.45, 2.75) is 33.0 Å². The second kappa shape index (κ2) is 9.94. The first-order valence-electron chi connectivity index (χ1n) is 8.41. The second-order valence-electron chi connectivity index (χ2n) is 6.25. The monoisotopic (exact) mass is 400 g/mol. The van der Waals surface area contributed by atoms with Crippen molar-refractivity contribution in [3.8, 4) is 6.07 Å². The van der Waals surface area contributed by atoms with E-state index >= 15 is 0 Å². The number of hydrogen-bond donors (Lipinski definition) is 2. The summed E-state index contributed by atoms with van der Waals surface area (Å²) in [6.07, 6.45) is -3.17. The molecule has 154 valence electrons. The SMILES string of the molecule is COCC(C)n1c(C)cc(/C=C(/C#N)C(=O)NCC(=O)NCC(F)(F)F)c1C. The molecule has 1 aromatic rings. The molecule has 0 saturated carbocycles. The van der Waals surface area contributed by atoms with Crippen LogP contribution in [0.15, 0.2) is 11.6 Å². The van der Waals surface area contributed by atoms with Crippen LogP contribution in [0.2, 0.25) is 0 Å². The highest BCUT2D eigenvalue weighted by Gasteiger charge is 2.27. The molecule has 1 atom stereocenters. The lowest BCUT2D eigenvalue weighted by Crippen LogP contribution is -2.41. The average Bonchev–Trinajstić information content (AvgIpc) is 2.88. The van der Waals surface area contributed by atoms with Crippen molar-refractivity contribution in [3.05, 3.63) is 28.6 Å². The van der Waals surface area contributed by atoms with Gasteiger partial charge in [-0.3, -0.25) is 9.59 Å². The predicted molar refractivity (Wildman–Crippen MR) is 96.2 cm³/mol. The molecule has 1 unspecified atom stereocenters. The van der Waals surface area contributed by atoms with Gasteiger partial charge < -0.3 is 19.9 Å². The molecule has 2 amide bonds. The molecular weight excluding hydrogens is 377 g/mol. The number of alkyl halides is 3. The van der Waals surface area contributed by atoms with Gasteiger partial charge >= 0.3 is 6.18 Å². The highest BCUT2D eigenvalue weighted by molar-refractivity contribution is 6.03. The van der Waals surface area contributed by atoms with Gasteiger partial charge in [0.05, 0.1) is 19.2 Å². The van der Waals surface area contributed by atoms with E-state index in [1.165, 1.54) is 6.08 Å². The van der Waals surface area contributed by atoms with Crippen molar-refractivity contribution in [1.29, 1.82) is 5.26 Å². The number of nitrogens with one attached hydrogen (secondary N) is 2. The first-order chi connectivity index (χ1) is 13.0. The summed E-state index contributed by atoms with van der Waals surface area (Å²) in [4.78, 5) is 23.5. The normalized spacial score (nSPS) is 13.0. The molecule has 0 aliphatic carbocycles. The fourth-order valence-electron chi connectivity index (χ4n) is 2.76. The molecule has 0 radical (unpaired) electrons. The Morgan fingerprint density at radius 1 is 1.36 bits per heavy atom. The van der Waals surface area contributed by atoms with E-state index in [4.69, 9.17) is 4.74 Å². The third kappa shape index (κ3) is 6.74. The van der Waals surface area contributed by atoms with E-state index < -0.39 is 31.1 Å². The van der Waals surface area contributed by atoms with Gasteiger partial charge in [-0.25, -0.2) is 0 Å². The van der Waals surface area contributed by atoms with E-state index in [1.54, 1.807) is 18.5 Å². The zero-order chi connectivity index (χ0) is 21.5. The zero-order valence-corrected chi connectivity index (χ0v) is 16.1. The molecule has 10 heteroatoms. The summed E-state index contributed by atoms with van der Waals surface area (Å²) in [7, 11) is 1.59. The highest BCUT2D eigenvalue weighted by atomic mass is 19.4. The van der Waals surface area contributed by atoms with Crippen molar-refractivity contribution in [2.75, 3.05) is 26.8 Å². The van der Waals surface area contributed by atoms with Gasteiger partial charge in [-0.1, -0.05) is 0 Å². The molecule has 0 spiro atoms. The average molecular weight is 400 g/mol. The van der Waals surface area contributed by atoms with Crippen LogP contribution < -0.4 is 10.6 Å². The molecule has 1 rings (SSSR count). The van der Waals surface area contributed by atoms with Gasteiger partial charge in [0.15, 0.2) is 0 Å². The predicted octanol–water partition coefficient (Wildman–Crippen LogP) is 2.01. The first kappa shape index (κ1) is 23.2. The Balaban J connectivity index is 2.86. The van der Waals surface area contributed by atoms with Gasteiger partial charge in [0, 0.05) is 18.5 Å². The molecule has 0 saturated heterocycles. The summed E-state index contributed by atoms with van der Waals surface area (Å²) in [5.41, 5.74) is 2.12. The molecule has 2 N–H and O–H groups in total. The van der Waals surface area contributed by atoms with Gasteiger partial charge in [-0.05, 0) is 38.5 Å². The summed E-state index contributed by atoms with van der Waals surface area (Å²) in [6.45, 7) is 4.01. The standard InChI is InChI=1S/C18H23F3N4O3/c1-11-5-14(13(3)25(11)12(2)9-28-4)6-15(7-22)17(27)23-8-16(26)24-10-18(19,20)21/h5-6,12H,8-10H2,1-4H3,(H,23,27)(H,24,26)/b15-6-. The fourth-order valence-corrected chi connectivity index (χ4v) is 2.76. The van der Waals surface area contributed by atoms with Gasteiger partial charge in [0.25, 0.3) is 5.91 Å². The van der Waals surface area contributed by atoms with Crippen molar-refractivity contribution in [3.63, 3.8) is 0 Å². The minimum absolute atomic E-state index is 0.0452. The molecule has 7 nitrogen and oxygen atoms in total. The Morgan fingerprint density at radius 2 is 2.00 bits per heavy atom. The molecule has 0 aliphatic heterocycles. The van der Waals surface area contributed by atoms with Crippen LogP contribution in [0.3, 0.4) is 0 Å². The number of halogens is 3. The number of ether oxygens (including phenoxy) is 1. The molecule has 0 aliphatic rings. The number of carbonyl (C=O) groups excluding carboxylic acids is 2. The van der Waals surface area contributed by atoms with Gasteiger partial charge in [-0.15, -0.1) is 0 Å². The highest BCUT2D eigenvalue weighted by Crippen LogP contribution is 2.22. The molecule has 28 heavy (non-hydrogen) atoms. The number of nitrogens with zero attached hydrogens (tertiary/aromatic N) is 2. The Bertz CT molecular complexity index is 791. The lowest BCUT2D eigenvalue weighted by atomic mass is 10.1. The van der Waals surface area contributed by atoms with Crippen LogP contribution in [0, 0.1) is 25.2 Å². The zero-order valence-electron chi connectivity index (χ0n) is 16.1. The van der Waals surface area contributed by atoms with E-state index in [-0.39, 0.29) is 11.6 Å². The molecule has 1 aromatic heterocycles. The maximum absolute atomic E-state index is 12.1. The van der Waals surface area contributed by atoms with Crippen molar-refractivity contribution < 1.29 is 27.5 Å². The van der Waals surface area contributed by atoms with Gasteiger partial charge in [0.2, 0.25) is 5.91 Å². The number of amides is 2. The molecule has 1 heterocycles. The second-order valence-corrected chi connectivity index (χ2v) is 6.25. The van der Waals surface area contributed by atoms with Crippen LogP contribution in [0.25, 0.3) is 6.08 Å². The quantitative estimate of drug-likeness (QED) is 0.515. The Labute approximate surface area is 161 Å². The number of rotatable bonds is 8. The van der Waals surface area contributed by atoms with E-state index in [0.717, 1.165) is 11.4 Å². The Kier molecular flexibility index (Phi) is 8.25. The molecular formula is C18H23F3N4O3. The number of carbonyl (C=O) groups is 2. The first-order valence-corrected chi connectivity index (χ1v) is 8.41. The van der Waals surface area contributed by atoms with Crippen molar-refractivity contribution in [2.24, 2.45) is 0 Å². The Hall–Kier alpha value is -2.80. The lowest BCUT2D eigenvalue weighted by molar-refractivity contribution is -0.138. The van der Waals surface area contributed by atoms with Crippen LogP contribution >= 0.6 is 0 Å².